The normalized spacial score (nSPS) is 9.50. The molecule has 2 rings (SSSR count). The predicted molar refractivity (Wildman–Crippen MR) is 67.2 cm³/mol. The summed E-state index contributed by atoms with van der Waals surface area (Å²) in [6.07, 6.45) is 0. The SMILES string of the molecule is N#Cc1cccc(NC(=O)c2cccc(O)c2)c1. The van der Waals surface area contributed by atoms with E-state index >= 15 is 0 Å². The molecule has 0 aliphatic heterocycles. The topological polar surface area (TPSA) is 73.1 Å². The Morgan fingerprint density at radius 2 is 1.94 bits per heavy atom. The maximum absolute atomic E-state index is 11.9. The van der Waals surface area contributed by atoms with Gasteiger partial charge in [-0.15, -0.1) is 0 Å². The third-order valence-corrected chi connectivity index (χ3v) is 2.36. The van der Waals surface area contributed by atoms with Gasteiger partial charge in [0.15, 0.2) is 0 Å². The smallest absolute Gasteiger partial charge is 0.255 e. The summed E-state index contributed by atoms with van der Waals surface area (Å²) < 4.78 is 0. The molecule has 2 N–H and O–H groups in total. The highest BCUT2D eigenvalue weighted by molar-refractivity contribution is 6.04. The largest absolute Gasteiger partial charge is 0.508 e. The average Bonchev–Trinajstić information content (AvgIpc) is 2.39. The quantitative estimate of drug-likeness (QED) is 0.844. The molecule has 0 aromatic heterocycles. The molecule has 4 nitrogen and oxygen atoms in total. The van der Waals surface area contributed by atoms with Crippen molar-refractivity contribution < 1.29 is 9.90 Å². The Hall–Kier alpha value is -2.80. The van der Waals surface area contributed by atoms with Crippen molar-refractivity contribution in [3.8, 4) is 11.8 Å². The van der Waals surface area contributed by atoms with E-state index < -0.39 is 0 Å². The van der Waals surface area contributed by atoms with Crippen molar-refractivity contribution in [2.24, 2.45) is 0 Å². The van der Waals surface area contributed by atoms with Crippen molar-refractivity contribution in [3.63, 3.8) is 0 Å². The van der Waals surface area contributed by atoms with E-state index in [9.17, 15) is 9.90 Å². The Labute approximate surface area is 104 Å². The first-order valence-corrected chi connectivity index (χ1v) is 5.29. The van der Waals surface area contributed by atoms with Crippen LogP contribution in [0.25, 0.3) is 0 Å². The van der Waals surface area contributed by atoms with E-state index in [0.29, 0.717) is 16.8 Å². The minimum absolute atomic E-state index is 0.0356. The summed E-state index contributed by atoms with van der Waals surface area (Å²) in [4.78, 5) is 11.9. The van der Waals surface area contributed by atoms with Crippen molar-refractivity contribution in [2.45, 2.75) is 0 Å². The fourth-order valence-corrected chi connectivity index (χ4v) is 1.52. The van der Waals surface area contributed by atoms with E-state index in [1.54, 1.807) is 36.4 Å². The summed E-state index contributed by atoms with van der Waals surface area (Å²) in [5, 5.41) is 20.7. The zero-order valence-electron chi connectivity index (χ0n) is 9.42. The third-order valence-electron chi connectivity index (χ3n) is 2.36. The van der Waals surface area contributed by atoms with Crippen LogP contribution < -0.4 is 5.32 Å². The maximum atomic E-state index is 11.9. The van der Waals surface area contributed by atoms with E-state index in [2.05, 4.69) is 5.32 Å². The summed E-state index contributed by atoms with van der Waals surface area (Å²) in [6, 6.07) is 14.7. The molecule has 0 atom stereocenters. The van der Waals surface area contributed by atoms with Gasteiger partial charge in [-0.1, -0.05) is 12.1 Å². The lowest BCUT2D eigenvalue weighted by molar-refractivity contribution is 0.102. The molecule has 2 aromatic rings. The van der Waals surface area contributed by atoms with E-state index in [1.807, 2.05) is 6.07 Å². The lowest BCUT2D eigenvalue weighted by atomic mass is 10.2. The molecule has 0 unspecified atom stereocenters. The number of nitriles is 1. The van der Waals surface area contributed by atoms with Crippen molar-refractivity contribution >= 4 is 11.6 Å². The predicted octanol–water partition coefficient (Wildman–Crippen LogP) is 2.52. The molecule has 0 fully saturated rings. The van der Waals surface area contributed by atoms with Crippen LogP contribution in [0.3, 0.4) is 0 Å². The number of carbonyl (C=O) groups excluding carboxylic acids is 1. The number of phenolic OH excluding ortho intramolecular Hbond substituents is 1. The van der Waals surface area contributed by atoms with Gasteiger partial charge in [-0.25, -0.2) is 0 Å². The Morgan fingerprint density at radius 3 is 2.67 bits per heavy atom. The number of amides is 1. The van der Waals surface area contributed by atoms with Gasteiger partial charge in [-0.2, -0.15) is 5.26 Å². The summed E-state index contributed by atoms with van der Waals surface area (Å²) in [5.74, 6) is -0.297. The molecule has 0 radical (unpaired) electrons. The number of carbonyl (C=O) groups is 1. The molecule has 0 aliphatic rings. The van der Waals surface area contributed by atoms with Gasteiger partial charge in [0.25, 0.3) is 5.91 Å². The highest BCUT2D eigenvalue weighted by Crippen LogP contribution is 2.14. The summed E-state index contributed by atoms with van der Waals surface area (Å²) in [6.45, 7) is 0. The Bertz CT molecular complexity index is 630. The molecule has 0 saturated heterocycles. The van der Waals surface area contributed by atoms with Crippen LogP contribution in [-0.2, 0) is 0 Å². The van der Waals surface area contributed by atoms with Gasteiger partial charge in [0.1, 0.15) is 5.75 Å². The number of nitrogens with zero attached hydrogens (tertiary/aromatic N) is 1. The van der Waals surface area contributed by atoms with Crippen LogP contribution in [0.5, 0.6) is 5.75 Å². The zero-order chi connectivity index (χ0) is 13.0. The van der Waals surface area contributed by atoms with Crippen molar-refractivity contribution in [1.82, 2.24) is 0 Å². The maximum Gasteiger partial charge on any atom is 0.255 e. The van der Waals surface area contributed by atoms with Gasteiger partial charge in [-0.3, -0.25) is 4.79 Å². The number of hydrogen-bond acceptors (Lipinski definition) is 3. The second kappa shape index (κ2) is 5.02. The fraction of sp³-hybridized carbons (Fsp3) is 0. The molecule has 2 aromatic carbocycles. The molecule has 18 heavy (non-hydrogen) atoms. The lowest BCUT2D eigenvalue weighted by Gasteiger charge is -2.05. The van der Waals surface area contributed by atoms with E-state index in [4.69, 9.17) is 5.26 Å². The van der Waals surface area contributed by atoms with Crippen molar-refractivity contribution in [2.75, 3.05) is 5.32 Å². The molecule has 0 spiro atoms. The minimum atomic E-state index is -0.332. The number of rotatable bonds is 2. The molecule has 0 saturated carbocycles. The molecule has 4 heteroatoms. The summed E-state index contributed by atoms with van der Waals surface area (Å²) in [7, 11) is 0. The number of benzene rings is 2. The Kier molecular flexibility index (Phi) is 3.26. The van der Waals surface area contributed by atoms with Crippen LogP contribution in [0.1, 0.15) is 15.9 Å². The van der Waals surface area contributed by atoms with Crippen LogP contribution >= 0.6 is 0 Å². The number of aromatic hydroxyl groups is 1. The Balaban J connectivity index is 2.19. The number of phenols is 1. The van der Waals surface area contributed by atoms with Crippen molar-refractivity contribution in [1.29, 1.82) is 5.26 Å². The number of anilines is 1. The molecular formula is C14H10N2O2. The number of nitrogens with one attached hydrogen (secondary N) is 1. The van der Waals surface area contributed by atoms with E-state index in [1.165, 1.54) is 12.1 Å². The monoisotopic (exact) mass is 238 g/mol. The van der Waals surface area contributed by atoms with Gasteiger partial charge in [-0.05, 0) is 36.4 Å². The first-order valence-electron chi connectivity index (χ1n) is 5.29. The first kappa shape index (κ1) is 11.7. The van der Waals surface area contributed by atoms with Gasteiger partial charge in [0, 0.05) is 11.3 Å². The molecule has 0 heterocycles. The van der Waals surface area contributed by atoms with Crippen LogP contribution in [-0.4, -0.2) is 11.0 Å². The van der Waals surface area contributed by atoms with Crippen LogP contribution in [0.2, 0.25) is 0 Å². The van der Waals surface area contributed by atoms with Crippen LogP contribution in [0.15, 0.2) is 48.5 Å². The molecule has 0 bridgehead atoms. The van der Waals surface area contributed by atoms with E-state index in [-0.39, 0.29) is 11.7 Å². The zero-order valence-corrected chi connectivity index (χ0v) is 9.42. The fourth-order valence-electron chi connectivity index (χ4n) is 1.52. The second-order valence-corrected chi connectivity index (χ2v) is 3.70. The summed E-state index contributed by atoms with van der Waals surface area (Å²) in [5.41, 5.74) is 1.38. The standard InChI is InChI=1S/C14H10N2O2/c15-9-10-3-1-5-12(7-10)16-14(18)11-4-2-6-13(17)8-11/h1-8,17H,(H,16,18). The minimum Gasteiger partial charge on any atom is -0.508 e. The lowest BCUT2D eigenvalue weighted by Crippen LogP contribution is -2.11. The van der Waals surface area contributed by atoms with Gasteiger partial charge >= 0.3 is 0 Å². The van der Waals surface area contributed by atoms with Gasteiger partial charge in [0.2, 0.25) is 0 Å². The van der Waals surface area contributed by atoms with E-state index in [0.717, 1.165) is 0 Å². The summed E-state index contributed by atoms with van der Waals surface area (Å²) >= 11 is 0. The highest BCUT2D eigenvalue weighted by Gasteiger charge is 2.06. The van der Waals surface area contributed by atoms with Crippen molar-refractivity contribution in [3.05, 3.63) is 59.7 Å². The third kappa shape index (κ3) is 2.66. The van der Waals surface area contributed by atoms with Gasteiger partial charge in [0.05, 0.1) is 11.6 Å². The molecule has 0 aliphatic carbocycles. The number of hydrogen-bond donors (Lipinski definition) is 2. The second-order valence-electron chi connectivity index (χ2n) is 3.70. The molecule has 1 amide bonds. The highest BCUT2D eigenvalue weighted by atomic mass is 16.3. The first-order chi connectivity index (χ1) is 8.69. The average molecular weight is 238 g/mol. The molecular weight excluding hydrogens is 228 g/mol. The molecule has 88 valence electrons. The Morgan fingerprint density at radius 1 is 1.17 bits per heavy atom. The van der Waals surface area contributed by atoms with Crippen LogP contribution in [0.4, 0.5) is 5.69 Å². The van der Waals surface area contributed by atoms with Crippen LogP contribution in [0, 0.1) is 11.3 Å². The van der Waals surface area contributed by atoms with Gasteiger partial charge < -0.3 is 10.4 Å².